The van der Waals surface area contributed by atoms with Crippen LogP contribution >= 0.6 is 11.8 Å². The highest BCUT2D eigenvalue weighted by Crippen LogP contribution is 2.32. The van der Waals surface area contributed by atoms with Crippen molar-refractivity contribution in [2.75, 3.05) is 5.43 Å². The van der Waals surface area contributed by atoms with Gasteiger partial charge in [0.25, 0.3) is 0 Å². The number of nitrogens with two attached hydrogens (primary N) is 1. The summed E-state index contributed by atoms with van der Waals surface area (Å²) in [6, 6.07) is 0. The molecule has 0 bridgehead atoms. The summed E-state index contributed by atoms with van der Waals surface area (Å²) in [7, 11) is 1.76. The van der Waals surface area contributed by atoms with E-state index in [1.165, 1.54) is 0 Å². The number of aromatic nitrogens is 4. The molecule has 0 amide bonds. The molecular weight excluding hydrogens is 258 g/mol. The summed E-state index contributed by atoms with van der Waals surface area (Å²) in [4.78, 5) is 18.7. The highest BCUT2D eigenvalue weighted by molar-refractivity contribution is 7.99. The lowest BCUT2D eigenvalue weighted by atomic mass is 10.5. The Morgan fingerprint density at radius 2 is 2.33 bits per heavy atom. The second-order valence-electron chi connectivity index (χ2n) is 3.24. The SMILES string of the molecule is Cn1cc(Sc2nc(NN)ncc2[N+](=O)[O-])cn1. The summed E-state index contributed by atoms with van der Waals surface area (Å²) in [5.74, 6) is 5.29. The summed E-state index contributed by atoms with van der Waals surface area (Å²) in [5, 5.41) is 15.0. The van der Waals surface area contributed by atoms with Crippen LogP contribution in [-0.2, 0) is 7.05 Å². The molecule has 0 aliphatic carbocycles. The first-order valence-corrected chi connectivity index (χ1v) is 5.56. The van der Waals surface area contributed by atoms with Gasteiger partial charge in [0.05, 0.1) is 16.0 Å². The molecule has 2 aromatic heterocycles. The van der Waals surface area contributed by atoms with E-state index in [0.717, 1.165) is 22.9 Å². The molecule has 94 valence electrons. The van der Waals surface area contributed by atoms with Crippen molar-refractivity contribution in [1.82, 2.24) is 19.7 Å². The second-order valence-corrected chi connectivity index (χ2v) is 4.30. The number of nitrogens with zero attached hydrogens (tertiary/aromatic N) is 5. The quantitative estimate of drug-likeness (QED) is 0.356. The predicted molar refractivity (Wildman–Crippen MR) is 63.8 cm³/mol. The van der Waals surface area contributed by atoms with E-state index in [1.807, 2.05) is 0 Å². The molecule has 10 heteroatoms. The Balaban J connectivity index is 2.37. The predicted octanol–water partition coefficient (Wildman–Crippen LogP) is 0.555. The van der Waals surface area contributed by atoms with Crippen LogP contribution in [0.1, 0.15) is 0 Å². The van der Waals surface area contributed by atoms with Crippen molar-refractivity contribution in [3.8, 4) is 0 Å². The monoisotopic (exact) mass is 267 g/mol. The van der Waals surface area contributed by atoms with Crippen molar-refractivity contribution in [2.24, 2.45) is 12.9 Å². The van der Waals surface area contributed by atoms with Gasteiger partial charge in [-0.3, -0.25) is 20.2 Å². The van der Waals surface area contributed by atoms with Gasteiger partial charge in [0, 0.05) is 13.2 Å². The van der Waals surface area contributed by atoms with Crippen LogP contribution in [0.15, 0.2) is 28.5 Å². The van der Waals surface area contributed by atoms with E-state index in [2.05, 4.69) is 20.5 Å². The summed E-state index contributed by atoms with van der Waals surface area (Å²) >= 11 is 1.12. The van der Waals surface area contributed by atoms with Crippen molar-refractivity contribution in [1.29, 1.82) is 0 Å². The molecule has 0 atom stereocenters. The van der Waals surface area contributed by atoms with Gasteiger partial charge in [-0.2, -0.15) is 10.1 Å². The Bertz CT molecular complexity index is 585. The minimum absolute atomic E-state index is 0.118. The van der Waals surface area contributed by atoms with Crippen LogP contribution in [0.5, 0.6) is 0 Å². The van der Waals surface area contributed by atoms with Crippen LogP contribution in [-0.4, -0.2) is 24.7 Å². The first kappa shape index (κ1) is 12.3. The summed E-state index contributed by atoms with van der Waals surface area (Å²) in [6.07, 6.45) is 4.43. The number of rotatable bonds is 4. The van der Waals surface area contributed by atoms with Crippen LogP contribution in [0, 0.1) is 10.1 Å². The number of nitro groups is 1. The van der Waals surface area contributed by atoms with Gasteiger partial charge < -0.3 is 0 Å². The minimum Gasteiger partial charge on any atom is -0.292 e. The largest absolute Gasteiger partial charge is 0.320 e. The molecule has 0 spiro atoms. The number of anilines is 1. The Labute approximate surface area is 106 Å². The van der Waals surface area contributed by atoms with Crippen LogP contribution in [0.4, 0.5) is 11.6 Å². The molecule has 0 aromatic carbocycles. The van der Waals surface area contributed by atoms with E-state index in [9.17, 15) is 10.1 Å². The number of nitrogens with one attached hydrogen (secondary N) is 1. The fraction of sp³-hybridized carbons (Fsp3) is 0.125. The van der Waals surface area contributed by atoms with Crippen molar-refractivity contribution in [2.45, 2.75) is 9.92 Å². The van der Waals surface area contributed by atoms with Crippen LogP contribution in [0.3, 0.4) is 0 Å². The molecular formula is C8H9N7O2S. The maximum absolute atomic E-state index is 10.9. The Morgan fingerprint density at radius 3 is 2.89 bits per heavy atom. The zero-order valence-electron chi connectivity index (χ0n) is 9.27. The third kappa shape index (κ3) is 2.55. The first-order chi connectivity index (χ1) is 8.60. The van der Waals surface area contributed by atoms with Crippen molar-refractivity contribution < 1.29 is 4.92 Å². The standard InChI is InChI=1S/C8H9N7O2S/c1-14-4-5(2-11-14)18-7-6(15(16)17)3-10-8(12-7)13-9/h2-4H,9H2,1H3,(H,10,12,13). The average molecular weight is 267 g/mol. The highest BCUT2D eigenvalue weighted by atomic mass is 32.2. The minimum atomic E-state index is -0.543. The average Bonchev–Trinajstić information content (AvgIpc) is 2.74. The normalized spacial score (nSPS) is 10.3. The fourth-order valence-corrected chi connectivity index (χ4v) is 2.09. The number of hydrazine groups is 1. The lowest BCUT2D eigenvalue weighted by Crippen LogP contribution is -2.11. The van der Waals surface area contributed by atoms with Gasteiger partial charge in [0.2, 0.25) is 5.95 Å². The number of hydrogen-bond donors (Lipinski definition) is 2. The van der Waals surface area contributed by atoms with E-state index in [1.54, 1.807) is 24.1 Å². The molecule has 0 fully saturated rings. The van der Waals surface area contributed by atoms with Crippen molar-refractivity contribution >= 4 is 23.4 Å². The van der Waals surface area contributed by atoms with Gasteiger partial charge in [-0.25, -0.2) is 10.8 Å². The molecule has 2 aromatic rings. The third-order valence-corrected chi connectivity index (χ3v) is 2.90. The zero-order valence-corrected chi connectivity index (χ0v) is 10.1. The van der Waals surface area contributed by atoms with Gasteiger partial charge in [-0.1, -0.05) is 11.8 Å². The Kier molecular flexibility index (Phi) is 3.39. The van der Waals surface area contributed by atoms with Gasteiger partial charge in [-0.05, 0) is 0 Å². The van der Waals surface area contributed by atoms with E-state index in [0.29, 0.717) is 0 Å². The first-order valence-electron chi connectivity index (χ1n) is 4.74. The van der Waals surface area contributed by atoms with E-state index in [4.69, 9.17) is 5.84 Å². The second kappa shape index (κ2) is 4.98. The fourth-order valence-electron chi connectivity index (χ4n) is 1.19. The molecule has 3 N–H and O–H groups in total. The molecule has 0 aliphatic rings. The van der Waals surface area contributed by atoms with E-state index < -0.39 is 4.92 Å². The molecule has 2 rings (SSSR count). The summed E-state index contributed by atoms with van der Waals surface area (Å²) < 4.78 is 1.59. The lowest BCUT2D eigenvalue weighted by molar-refractivity contribution is -0.388. The van der Waals surface area contributed by atoms with Gasteiger partial charge >= 0.3 is 5.69 Å². The van der Waals surface area contributed by atoms with Gasteiger partial charge in [0.15, 0.2) is 5.03 Å². The van der Waals surface area contributed by atoms with Crippen molar-refractivity contribution in [3.63, 3.8) is 0 Å². The highest BCUT2D eigenvalue weighted by Gasteiger charge is 2.18. The zero-order chi connectivity index (χ0) is 13.1. The molecule has 0 saturated heterocycles. The lowest BCUT2D eigenvalue weighted by Gasteiger charge is -2.02. The van der Waals surface area contributed by atoms with Gasteiger partial charge in [-0.15, -0.1) is 0 Å². The molecule has 0 aliphatic heterocycles. The molecule has 2 heterocycles. The molecule has 0 unspecified atom stereocenters. The smallest absolute Gasteiger partial charge is 0.292 e. The van der Waals surface area contributed by atoms with Crippen molar-refractivity contribution in [3.05, 3.63) is 28.7 Å². The molecule has 9 nitrogen and oxygen atoms in total. The van der Waals surface area contributed by atoms with Crippen LogP contribution < -0.4 is 11.3 Å². The van der Waals surface area contributed by atoms with Crippen LogP contribution in [0.25, 0.3) is 0 Å². The van der Waals surface area contributed by atoms with E-state index in [-0.39, 0.29) is 16.7 Å². The Morgan fingerprint density at radius 1 is 1.56 bits per heavy atom. The molecule has 0 radical (unpaired) electrons. The van der Waals surface area contributed by atoms with Crippen LogP contribution in [0.2, 0.25) is 0 Å². The summed E-state index contributed by atoms with van der Waals surface area (Å²) in [6.45, 7) is 0. The summed E-state index contributed by atoms with van der Waals surface area (Å²) in [5.41, 5.74) is 2.07. The van der Waals surface area contributed by atoms with Gasteiger partial charge in [0.1, 0.15) is 6.20 Å². The number of nitrogen functional groups attached to an aromatic ring is 1. The maximum atomic E-state index is 10.9. The molecule has 18 heavy (non-hydrogen) atoms. The Hall–Kier alpha value is -2.20. The number of aryl methyl sites for hydroxylation is 1. The van der Waals surface area contributed by atoms with E-state index >= 15 is 0 Å². The maximum Gasteiger partial charge on any atom is 0.320 e. The third-order valence-electron chi connectivity index (χ3n) is 1.96. The number of hydrogen-bond acceptors (Lipinski definition) is 8. The molecule has 0 saturated carbocycles. The topological polar surface area (TPSA) is 125 Å².